The quantitative estimate of drug-likeness (QED) is 0.553. The number of unbranched alkanes of at least 4 members (excludes halogenated alkanes) is 5. The molecule has 1 saturated carbocycles. The number of aromatic hydroxyl groups is 1. The van der Waals surface area contributed by atoms with Gasteiger partial charge in [0.1, 0.15) is 5.75 Å². The standard InChI is InChI=1S/C20H32O/c1-2-3-4-5-6-8-12-18-15-11-16-19(21)20(18)17-13-9-7-10-14-17/h11,15-17,21H,2-10,12-14H2,1H3. The molecule has 0 saturated heterocycles. The van der Waals surface area contributed by atoms with Crippen molar-refractivity contribution in [3.05, 3.63) is 29.3 Å². The van der Waals surface area contributed by atoms with E-state index < -0.39 is 0 Å². The zero-order chi connectivity index (χ0) is 14.9. The summed E-state index contributed by atoms with van der Waals surface area (Å²) in [5.74, 6) is 1.15. The second kappa shape index (κ2) is 9.12. The molecule has 1 N–H and O–H groups in total. The van der Waals surface area contributed by atoms with Crippen LogP contribution in [0.15, 0.2) is 18.2 Å². The predicted octanol–water partition coefficient (Wildman–Crippen LogP) is 6.34. The van der Waals surface area contributed by atoms with E-state index in [0.717, 1.165) is 6.42 Å². The summed E-state index contributed by atoms with van der Waals surface area (Å²) in [6, 6.07) is 6.15. The molecule has 1 aromatic rings. The van der Waals surface area contributed by atoms with Crippen molar-refractivity contribution < 1.29 is 5.11 Å². The van der Waals surface area contributed by atoms with Crippen LogP contribution in [0.4, 0.5) is 0 Å². The van der Waals surface area contributed by atoms with E-state index in [9.17, 15) is 5.11 Å². The van der Waals surface area contributed by atoms with E-state index in [1.165, 1.54) is 81.8 Å². The van der Waals surface area contributed by atoms with Crippen LogP contribution in [0, 0.1) is 0 Å². The fourth-order valence-corrected chi connectivity index (χ4v) is 3.78. The molecule has 1 aliphatic rings. The highest BCUT2D eigenvalue weighted by molar-refractivity contribution is 5.42. The number of phenolic OH excluding ortho intramolecular Hbond substituents is 1. The Balaban J connectivity index is 1.90. The van der Waals surface area contributed by atoms with Gasteiger partial charge >= 0.3 is 0 Å². The molecule has 1 heteroatoms. The summed E-state index contributed by atoms with van der Waals surface area (Å²) in [4.78, 5) is 0. The average molecular weight is 288 g/mol. The Morgan fingerprint density at radius 2 is 1.67 bits per heavy atom. The number of rotatable bonds is 8. The van der Waals surface area contributed by atoms with Gasteiger partial charge < -0.3 is 5.11 Å². The largest absolute Gasteiger partial charge is 0.508 e. The Morgan fingerprint density at radius 3 is 2.43 bits per heavy atom. The first-order valence-electron chi connectivity index (χ1n) is 9.13. The smallest absolute Gasteiger partial charge is 0.119 e. The van der Waals surface area contributed by atoms with E-state index in [2.05, 4.69) is 13.0 Å². The molecule has 118 valence electrons. The number of phenols is 1. The minimum Gasteiger partial charge on any atom is -0.508 e. The van der Waals surface area contributed by atoms with Crippen molar-refractivity contribution in [2.45, 2.75) is 89.9 Å². The molecular weight excluding hydrogens is 256 g/mol. The molecule has 0 aliphatic heterocycles. The Hall–Kier alpha value is -0.980. The molecule has 0 spiro atoms. The first-order valence-corrected chi connectivity index (χ1v) is 9.13. The lowest BCUT2D eigenvalue weighted by Gasteiger charge is -2.25. The molecule has 1 aromatic carbocycles. The first-order chi connectivity index (χ1) is 10.3. The summed E-state index contributed by atoms with van der Waals surface area (Å²) in [6.45, 7) is 2.27. The maximum absolute atomic E-state index is 10.3. The lowest BCUT2D eigenvalue weighted by Crippen LogP contribution is -2.08. The zero-order valence-corrected chi connectivity index (χ0v) is 13.7. The molecule has 0 heterocycles. The van der Waals surface area contributed by atoms with Crippen LogP contribution in [0.3, 0.4) is 0 Å². The third-order valence-electron chi connectivity index (χ3n) is 4.99. The summed E-state index contributed by atoms with van der Waals surface area (Å²) in [5.41, 5.74) is 2.70. The molecule has 21 heavy (non-hydrogen) atoms. The fraction of sp³-hybridized carbons (Fsp3) is 0.700. The number of benzene rings is 1. The monoisotopic (exact) mass is 288 g/mol. The highest BCUT2D eigenvalue weighted by Crippen LogP contribution is 2.39. The fourth-order valence-electron chi connectivity index (χ4n) is 3.78. The average Bonchev–Trinajstić information content (AvgIpc) is 2.52. The van der Waals surface area contributed by atoms with Crippen LogP contribution < -0.4 is 0 Å². The molecule has 0 amide bonds. The Kier molecular flexibility index (Phi) is 7.12. The minimum absolute atomic E-state index is 0.547. The van der Waals surface area contributed by atoms with E-state index in [1.54, 1.807) is 0 Å². The number of hydrogen-bond donors (Lipinski definition) is 1. The van der Waals surface area contributed by atoms with Crippen LogP contribution >= 0.6 is 0 Å². The summed E-state index contributed by atoms with van der Waals surface area (Å²) >= 11 is 0. The molecular formula is C20H32O. The predicted molar refractivity (Wildman–Crippen MR) is 91.0 cm³/mol. The van der Waals surface area contributed by atoms with Crippen molar-refractivity contribution in [2.75, 3.05) is 0 Å². The third-order valence-corrected chi connectivity index (χ3v) is 4.99. The first kappa shape index (κ1) is 16.4. The molecule has 0 aromatic heterocycles. The van der Waals surface area contributed by atoms with E-state index in [1.807, 2.05) is 12.1 Å². The van der Waals surface area contributed by atoms with Gasteiger partial charge in [0.15, 0.2) is 0 Å². The molecule has 1 fully saturated rings. The Labute approximate surface area is 130 Å². The van der Waals surface area contributed by atoms with Gasteiger partial charge in [-0.25, -0.2) is 0 Å². The van der Waals surface area contributed by atoms with Gasteiger partial charge in [-0.15, -0.1) is 0 Å². The molecule has 0 bridgehead atoms. The van der Waals surface area contributed by atoms with Gasteiger partial charge in [0.25, 0.3) is 0 Å². The van der Waals surface area contributed by atoms with E-state index in [0.29, 0.717) is 11.7 Å². The van der Waals surface area contributed by atoms with Gasteiger partial charge in [0, 0.05) is 5.56 Å². The maximum Gasteiger partial charge on any atom is 0.119 e. The van der Waals surface area contributed by atoms with Gasteiger partial charge in [-0.1, -0.05) is 70.4 Å². The van der Waals surface area contributed by atoms with Crippen LogP contribution in [0.5, 0.6) is 5.75 Å². The van der Waals surface area contributed by atoms with E-state index >= 15 is 0 Å². The SMILES string of the molecule is CCCCCCCCc1cccc(O)c1C1CCCCC1. The summed E-state index contributed by atoms with van der Waals surface area (Å²) < 4.78 is 0. The van der Waals surface area contributed by atoms with E-state index in [4.69, 9.17) is 0 Å². The van der Waals surface area contributed by atoms with Crippen LogP contribution in [-0.2, 0) is 6.42 Å². The third kappa shape index (κ3) is 5.05. The van der Waals surface area contributed by atoms with Gasteiger partial charge in [-0.2, -0.15) is 0 Å². The lowest BCUT2D eigenvalue weighted by molar-refractivity contribution is 0.411. The molecule has 1 nitrogen and oxygen atoms in total. The summed E-state index contributed by atoms with van der Waals surface area (Å²) in [7, 11) is 0. The highest BCUT2D eigenvalue weighted by Gasteiger charge is 2.21. The second-order valence-corrected chi connectivity index (χ2v) is 6.70. The van der Waals surface area contributed by atoms with Crippen LogP contribution in [0.2, 0.25) is 0 Å². The van der Waals surface area contributed by atoms with Gasteiger partial charge in [-0.05, 0) is 43.2 Å². The molecule has 0 atom stereocenters. The summed E-state index contributed by atoms with van der Waals surface area (Å²) in [6.07, 6.45) is 15.7. The number of hydrogen-bond acceptors (Lipinski definition) is 1. The second-order valence-electron chi connectivity index (χ2n) is 6.70. The Morgan fingerprint density at radius 1 is 0.952 bits per heavy atom. The van der Waals surface area contributed by atoms with Crippen LogP contribution in [0.1, 0.15) is 94.6 Å². The van der Waals surface area contributed by atoms with E-state index in [-0.39, 0.29) is 0 Å². The molecule has 0 radical (unpaired) electrons. The van der Waals surface area contributed by atoms with Crippen molar-refractivity contribution in [3.8, 4) is 5.75 Å². The number of aryl methyl sites for hydroxylation is 1. The Bertz CT molecular complexity index is 404. The minimum atomic E-state index is 0.547. The van der Waals surface area contributed by atoms with Gasteiger partial charge in [-0.3, -0.25) is 0 Å². The molecule has 1 aliphatic carbocycles. The van der Waals surface area contributed by atoms with Crippen molar-refractivity contribution in [2.24, 2.45) is 0 Å². The topological polar surface area (TPSA) is 20.2 Å². The maximum atomic E-state index is 10.3. The zero-order valence-electron chi connectivity index (χ0n) is 13.7. The molecule has 2 rings (SSSR count). The summed E-state index contributed by atoms with van der Waals surface area (Å²) in [5, 5.41) is 10.3. The van der Waals surface area contributed by atoms with Crippen molar-refractivity contribution in [3.63, 3.8) is 0 Å². The van der Waals surface area contributed by atoms with Crippen LogP contribution in [-0.4, -0.2) is 5.11 Å². The van der Waals surface area contributed by atoms with Crippen molar-refractivity contribution in [1.29, 1.82) is 0 Å². The van der Waals surface area contributed by atoms with Gasteiger partial charge in [0.2, 0.25) is 0 Å². The van der Waals surface area contributed by atoms with Crippen molar-refractivity contribution >= 4 is 0 Å². The normalized spacial score (nSPS) is 16.2. The van der Waals surface area contributed by atoms with Crippen LogP contribution in [0.25, 0.3) is 0 Å². The highest BCUT2D eigenvalue weighted by atomic mass is 16.3. The molecule has 0 unspecified atom stereocenters. The lowest BCUT2D eigenvalue weighted by atomic mass is 9.80. The van der Waals surface area contributed by atoms with Crippen molar-refractivity contribution in [1.82, 2.24) is 0 Å². The van der Waals surface area contributed by atoms with Gasteiger partial charge in [0.05, 0.1) is 0 Å².